The Labute approximate surface area is 171 Å². The molecule has 0 fully saturated rings. The summed E-state index contributed by atoms with van der Waals surface area (Å²) in [4.78, 5) is 11.1. The third-order valence-electron chi connectivity index (χ3n) is 5.30. The molecule has 1 aliphatic heterocycles. The number of alkyl halides is 3. The van der Waals surface area contributed by atoms with Crippen molar-refractivity contribution in [3.63, 3.8) is 0 Å². The summed E-state index contributed by atoms with van der Waals surface area (Å²) >= 11 is 0. The smallest absolute Gasteiger partial charge is 0.416 e. The van der Waals surface area contributed by atoms with Gasteiger partial charge in [0.25, 0.3) is 0 Å². The summed E-state index contributed by atoms with van der Waals surface area (Å²) in [6, 6.07) is 7.79. The van der Waals surface area contributed by atoms with Crippen molar-refractivity contribution in [2.24, 2.45) is 0 Å². The van der Waals surface area contributed by atoms with Gasteiger partial charge in [0.15, 0.2) is 5.82 Å². The summed E-state index contributed by atoms with van der Waals surface area (Å²) in [7, 11) is 0. The highest BCUT2D eigenvalue weighted by atomic mass is 19.4. The van der Waals surface area contributed by atoms with E-state index in [-0.39, 0.29) is 11.5 Å². The third-order valence-corrected chi connectivity index (χ3v) is 5.30. The highest BCUT2D eigenvalue weighted by Gasteiger charge is 2.30. The van der Waals surface area contributed by atoms with Gasteiger partial charge in [-0.1, -0.05) is 12.1 Å². The van der Waals surface area contributed by atoms with Crippen LogP contribution in [-0.2, 0) is 25.7 Å². The molecule has 0 aliphatic carbocycles. The zero-order valence-electron chi connectivity index (χ0n) is 16.2. The lowest BCUT2D eigenvalue weighted by molar-refractivity contribution is -0.137. The number of hydrogen-bond donors (Lipinski definition) is 2. The number of halogens is 3. The second kappa shape index (κ2) is 7.60. The Morgan fingerprint density at radius 3 is 2.50 bits per heavy atom. The molecule has 156 valence electrons. The molecule has 2 N–H and O–H groups in total. The molecule has 0 spiro atoms. The summed E-state index contributed by atoms with van der Waals surface area (Å²) in [5.41, 5.74) is 3.24. The van der Waals surface area contributed by atoms with Gasteiger partial charge in [-0.25, -0.2) is 9.97 Å². The van der Waals surface area contributed by atoms with Gasteiger partial charge in [0, 0.05) is 55.0 Å². The first kappa shape index (κ1) is 20.2. The molecule has 0 bridgehead atoms. The molecule has 0 atom stereocenters. The van der Waals surface area contributed by atoms with Gasteiger partial charge in [0.05, 0.1) is 11.3 Å². The highest BCUT2D eigenvalue weighted by molar-refractivity contribution is 5.56. The molecule has 0 amide bonds. The molecule has 0 unspecified atom stereocenters. The number of hydrogen-bond acceptors (Lipinski definition) is 5. The lowest BCUT2D eigenvalue weighted by Crippen LogP contribution is -2.31. The van der Waals surface area contributed by atoms with Gasteiger partial charge < -0.3 is 10.2 Å². The average molecular weight is 415 g/mol. The molecule has 5 nitrogen and oxygen atoms in total. The molecular formula is C22H20F3N3O2. The SMILES string of the molecule is Cc1cc(O)cc(O)c1CN1CCc2nc(-c3ccc(C(F)(F)F)cc3)ncc2C1. The summed E-state index contributed by atoms with van der Waals surface area (Å²) in [5, 5.41) is 19.7. The quantitative estimate of drug-likeness (QED) is 0.662. The van der Waals surface area contributed by atoms with Crippen molar-refractivity contribution in [2.45, 2.75) is 32.6 Å². The van der Waals surface area contributed by atoms with Crippen LogP contribution in [0.25, 0.3) is 11.4 Å². The van der Waals surface area contributed by atoms with Crippen LogP contribution in [0.5, 0.6) is 11.5 Å². The second-order valence-corrected chi connectivity index (χ2v) is 7.46. The monoisotopic (exact) mass is 415 g/mol. The number of nitrogens with zero attached hydrogens (tertiary/aromatic N) is 3. The van der Waals surface area contributed by atoms with Gasteiger partial charge in [-0.15, -0.1) is 0 Å². The number of aromatic hydroxyl groups is 2. The van der Waals surface area contributed by atoms with Crippen molar-refractivity contribution in [1.82, 2.24) is 14.9 Å². The Balaban J connectivity index is 1.51. The molecule has 0 saturated carbocycles. The largest absolute Gasteiger partial charge is 0.508 e. The molecule has 30 heavy (non-hydrogen) atoms. The van der Waals surface area contributed by atoms with Gasteiger partial charge in [-0.2, -0.15) is 13.2 Å². The first-order valence-electron chi connectivity index (χ1n) is 9.47. The molecule has 2 heterocycles. The van der Waals surface area contributed by atoms with E-state index in [2.05, 4.69) is 14.9 Å². The first-order valence-corrected chi connectivity index (χ1v) is 9.47. The normalized spacial score (nSPS) is 14.5. The van der Waals surface area contributed by atoms with Crippen molar-refractivity contribution < 1.29 is 23.4 Å². The van der Waals surface area contributed by atoms with Crippen LogP contribution in [0.1, 0.15) is 27.9 Å². The highest BCUT2D eigenvalue weighted by Crippen LogP contribution is 2.32. The fourth-order valence-electron chi connectivity index (χ4n) is 3.67. The van der Waals surface area contributed by atoms with Crippen molar-refractivity contribution >= 4 is 0 Å². The summed E-state index contributed by atoms with van der Waals surface area (Å²) in [6.45, 7) is 3.68. The van der Waals surface area contributed by atoms with E-state index < -0.39 is 11.7 Å². The Morgan fingerprint density at radius 1 is 1.10 bits per heavy atom. The first-order chi connectivity index (χ1) is 14.2. The van der Waals surface area contributed by atoms with Crippen LogP contribution < -0.4 is 0 Å². The fourth-order valence-corrected chi connectivity index (χ4v) is 3.67. The number of fused-ring (bicyclic) bond motifs is 1. The van der Waals surface area contributed by atoms with Crippen LogP contribution >= 0.6 is 0 Å². The molecule has 1 aliphatic rings. The van der Waals surface area contributed by atoms with Crippen molar-refractivity contribution in [3.05, 3.63) is 70.5 Å². The Hall–Kier alpha value is -3.13. The number of rotatable bonds is 3. The number of aromatic nitrogens is 2. The van der Waals surface area contributed by atoms with E-state index in [1.54, 1.807) is 12.3 Å². The molecule has 3 aromatic rings. The van der Waals surface area contributed by atoms with Crippen molar-refractivity contribution in [3.8, 4) is 22.9 Å². The Bertz CT molecular complexity index is 1060. The average Bonchev–Trinajstić information content (AvgIpc) is 2.69. The minimum atomic E-state index is -4.37. The molecule has 0 radical (unpaired) electrons. The topological polar surface area (TPSA) is 69.5 Å². The van der Waals surface area contributed by atoms with Crippen molar-refractivity contribution in [1.29, 1.82) is 0 Å². The van der Waals surface area contributed by atoms with Gasteiger partial charge >= 0.3 is 6.18 Å². The van der Waals surface area contributed by atoms with Gasteiger partial charge in [0.2, 0.25) is 0 Å². The van der Waals surface area contributed by atoms with Crippen molar-refractivity contribution in [2.75, 3.05) is 6.54 Å². The predicted octanol–water partition coefficient (Wildman–Crippen LogP) is 4.44. The van der Waals surface area contributed by atoms with Gasteiger partial charge in [-0.05, 0) is 30.7 Å². The molecule has 0 saturated heterocycles. The van der Waals surface area contributed by atoms with E-state index in [1.807, 2.05) is 6.92 Å². The van der Waals surface area contributed by atoms with Crippen LogP contribution in [0, 0.1) is 6.92 Å². The standard InChI is InChI=1S/C22H20F3N3O2/c1-13-8-17(29)9-20(30)18(13)12-28-7-6-19-15(11-28)10-26-21(27-19)14-2-4-16(5-3-14)22(23,24)25/h2-5,8-10,29-30H,6-7,11-12H2,1H3. The summed E-state index contributed by atoms with van der Waals surface area (Å²) in [6.07, 6.45) is -1.99. The Morgan fingerprint density at radius 2 is 1.83 bits per heavy atom. The minimum absolute atomic E-state index is 0.0296. The maximum atomic E-state index is 12.7. The maximum absolute atomic E-state index is 12.7. The summed E-state index contributed by atoms with van der Waals surface area (Å²) in [5.74, 6) is 0.497. The van der Waals surface area contributed by atoms with Crippen LogP contribution in [0.3, 0.4) is 0 Å². The maximum Gasteiger partial charge on any atom is 0.416 e. The van der Waals surface area contributed by atoms with Crippen LogP contribution in [0.2, 0.25) is 0 Å². The van der Waals surface area contributed by atoms with Gasteiger partial charge in [-0.3, -0.25) is 4.90 Å². The van der Waals surface area contributed by atoms with E-state index >= 15 is 0 Å². The fraction of sp³-hybridized carbons (Fsp3) is 0.273. The zero-order chi connectivity index (χ0) is 21.5. The van der Waals surface area contributed by atoms with E-state index in [0.29, 0.717) is 30.9 Å². The number of phenolic OH excluding ortho intramolecular Hbond substituents is 2. The number of aryl methyl sites for hydroxylation is 1. The number of phenols is 2. The number of benzene rings is 2. The Kier molecular flexibility index (Phi) is 5.11. The van der Waals surface area contributed by atoms with Crippen LogP contribution in [0.4, 0.5) is 13.2 Å². The summed E-state index contributed by atoms with van der Waals surface area (Å²) < 4.78 is 38.2. The van der Waals surface area contributed by atoms with Crippen LogP contribution in [0.15, 0.2) is 42.6 Å². The molecular weight excluding hydrogens is 395 g/mol. The lowest BCUT2D eigenvalue weighted by atomic mass is 10.0. The van der Waals surface area contributed by atoms with E-state index in [0.717, 1.165) is 41.1 Å². The van der Waals surface area contributed by atoms with Crippen LogP contribution in [-0.4, -0.2) is 31.6 Å². The van der Waals surface area contributed by atoms with Gasteiger partial charge in [0.1, 0.15) is 11.5 Å². The molecule has 4 rings (SSSR count). The van der Waals surface area contributed by atoms with E-state index in [9.17, 15) is 23.4 Å². The lowest BCUT2D eigenvalue weighted by Gasteiger charge is -2.28. The molecule has 2 aromatic carbocycles. The zero-order valence-corrected chi connectivity index (χ0v) is 16.2. The third kappa shape index (κ3) is 4.09. The predicted molar refractivity (Wildman–Crippen MR) is 105 cm³/mol. The minimum Gasteiger partial charge on any atom is -0.508 e. The molecule has 8 heteroatoms. The second-order valence-electron chi connectivity index (χ2n) is 7.46. The van der Waals surface area contributed by atoms with E-state index in [4.69, 9.17) is 0 Å². The molecule has 1 aromatic heterocycles. The van der Waals surface area contributed by atoms with E-state index in [1.165, 1.54) is 18.2 Å².